The van der Waals surface area contributed by atoms with Crippen LogP contribution < -0.4 is 10.6 Å². The van der Waals surface area contributed by atoms with Crippen molar-refractivity contribution in [2.24, 2.45) is 0 Å². The first-order chi connectivity index (χ1) is 11.0. The van der Waals surface area contributed by atoms with E-state index in [2.05, 4.69) is 10.6 Å². The standard InChI is InChI=1S/C18H20N2O3/c1-12-5-4-6-13(2)18(12)20-17(22)11-19-16(21)10-9-15-8-7-14(3)23-15/h4-10H,11H2,1-3H3,(H,19,21)(H,20,22)/b10-9+. The Morgan fingerprint density at radius 3 is 2.39 bits per heavy atom. The summed E-state index contributed by atoms with van der Waals surface area (Å²) in [5, 5.41) is 5.35. The maximum Gasteiger partial charge on any atom is 0.244 e. The number of hydrogen-bond donors (Lipinski definition) is 2. The Morgan fingerprint density at radius 1 is 1.09 bits per heavy atom. The van der Waals surface area contributed by atoms with E-state index in [1.54, 1.807) is 12.1 Å². The molecule has 0 aliphatic heterocycles. The van der Waals surface area contributed by atoms with Gasteiger partial charge in [-0.3, -0.25) is 9.59 Å². The molecule has 0 aliphatic rings. The summed E-state index contributed by atoms with van der Waals surface area (Å²) < 4.78 is 5.32. The summed E-state index contributed by atoms with van der Waals surface area (Å²) in [6, 6.07) is 9.37. The van der Waals surface area contributed by atoms with Gasteiger partial charge >= 0.3 is 0 Å². The van der Waals surface area contributed by atoms with E-state index in [-0.39, 0.29) is 18.4 Å². The molecule has 120 valence electrons. The molecule has 0 radical (unpaired) electrons. The van der Waals surface area contributed by atoms with E-state index in [1.807, 2.05) is 45.0 Å². The minimum absolute atomic E-state index is 0.0892. The molecule has 0 unspecified atom stereocenters. The van der Waals surface area contributed by atoms with E-state index in [1.165, 1.54) is 6.08 Å². The summed E-state index contributed by atoms with van der Waals surface area (Å²) in [7, 11) is 0. The lowest BCUT2D eigenvalue weighted by molar-refractivity contribution is -0.121. The highest BCUT2D eigenvalue weighted by Gasteiger charge is 2.08. The molecule has 5 nitrogen and oxygen atoms in total. The van der Waals surface area contributed by atoms with Gasteiger partial charge in [0.15, 0.2) is 0 Å². The Kier molecular flexibility index (Phi) is 5.36. The minimum atomic E-state index is -0.351. The Labute approximate surface area is 135 Å². The number of benzene rings is 1. The molecule has 0 spiro atoms. The smallest absolute Gasteiger partial charge is 0.244 e. The van der Waals surface area contributed by atoms with Crippen molar-refractivity contribution in [2.45, 2.75) is 20.8 Å². The zero-order chi connectivity index (χ0) is 16.8. The zero-order valence-corrected chi connectivity index (χ0v) is 13.5. The maximum absolute atomic E-state index is 11.9. The van der Waals surface area contributed by atoms with Crippen molar-refractivity contribution in [1.82, 2.24) is 5.32 Å². The summed E-state index contributed by atoms with van der Waals surface area (Å²) in [6.45, 7) is 5.59. The lowest BCUT2D eigenvalue weighted by atomic mass is 10.1. The number of carbonyl (C=O) groups excluding carboxylic acids is 2. The first-order valence-corrected chi connectivity index (χ1v) is 7.34. The number of nitrogens with one attached hydrogen (secondary N) is 2. The van der Waals surface area contributed by atoms with Crippen LogP contribution in [0.3, 0.4) is 0 Å². The number of aryl methyl sites for hydroxylation is 3. The average molecular weight is 312 g/mol. The monoisotopic (exact) mass is 312 g/mol. The first kappa shape index (κ1) is 16.5. The van der Waals surface area contributed by atoms with Crippen LogP contribution in [0.15, 0.2) is 40.8 Å². The highest BCUT2D eigenvalue weighted by molar-refractivity contribution is 5.98. The van der Waals surface area contributed by atoms with E-state index in [9.17, 15) is 9.59 Å². The second kappa shape index (κ2) is 7.45. The predicted molar refractivity (Wildman–Crippen MR) is 90.0 cm³/mol. The highest BCUT2D eigenvalue weighted by Crippen LogP contribution is 2.18. The Bertz CT molecular complexity index is 724. The number of amides is 2. The van der Waals surface area contributed by atoms with Gasteiger partial charge in [0, 0.05) is 11.8 Å². The SMILES string of the molecule is Cc1ccc(/C=C/C(=O)NCC(=O)Nc2c(C)cccc2C)o1. The van der Waals surface area contributed by atoms with E-state index in [0.717, 1.165) is 22.6 Å². The molecule has 2 N–H and O–H groups in total. The van der Waals surface area contributed by atoms with Crippen LogP contribution in [0.25, 0.3) is 6.08 Å². The quantitative estimate of drug-likeness (QED) is 0.834. The van der Waals surface area contributed by atoms with Crippen LogP contribution >= 0.6 is 0 Å². The molecule has 0 fully saturated rings. The molecule has 23 heavy (non-hydrogen) atoms. The van der Waals surface area contributed by atoms with Gasteiger partial charge in [-0.1, -0.05) is 18.2 Å². The van der Waals surface area contributed by atoms with Gasteiger partial charge in [-0.15, -0.1) is 0 Å². The third-order valence-electron chi connectivity index (χ3n) is 3.33. The van der Waals surface area contributed by atoms with Gasteiger partial charge < -0.3 is 15.1 Å². The Balaban J connectivity index is 1.84. The van der Waals surface area contributed by atoms with Gasteiger partial charge in [0.25, 0.3) is 0 Å². The number of anilines is 1. The third-order valence-corrected chi connectivity index (χ3v) is 3.33. The molecule has 2 aromatic rings. The van der Waals surface area contributed by atoms with Crippen LogP contribution in [0.4, 0.5) is 5.69 Å². The number of carbonyl (C=O) groups is 2. The van der Waals surface area contributed by atoms with Crippen LogP contribution in [0, 0.1) is 20.8 Å². The van der Waals surface area contributed by atoms with Crippen LogP contribution in [-0.2, 0) is 9.59 Å². The summed E-state index contributed by atoms with van der Waals surface area (Å²) in [5.74, 6) is 0.754. The van der Waals surface area contributed by atoms with E-state index in [4.69, 9.17) is 4.42 Å². The van der Waals surface area contributed by atoms with Crippen molar-refractivity contribution in [2.75, 3.05) is 11.9 Å². The molecular formula is C18H20N2O3. The molecule has 0 saturated carbocycles. The van der Waals surface area contributed by atoms with Crippen molar-refractivity contribution < 1.29 is 14.0 Å². The average Bonchev–Trinajstić information content (AvgIpc) is 2.92. The molecule has 1 heterocycles. The summed E-state index contributed by atoms with van der Waals surface area (Å²) in [6.07, 6.45) is 2.90. The van der Waals surface area contributed by atoms with Crippen LogP contribution in [0.5, 0.6) is 0 Å². The van der Waals surface area contributed by atoms with Crippen molar-refractivity contribution in [3.8, 4) is 0 Å². The van der Waals surface area contributed by atoms with Crippen molar-refractivity contribution in [3.63, 3.8) is 0 Å². The van der Waals surface area contributed by atoms with Gasteiger partial charge in [0.1, 0.15) is 11.5 Å². The van der Waals surface area contributed by atoms with Gasteiger partial charge in [0.2, 0.25) is 11.8 Å². The second-order valence-corrected chi connectivity index (χ2v) is 5.31. The van der Waals surface area contributed by atoms with E-state index < -0.39 is 0 Å². The molecular weight excluding hydrogens is 292 g/mol. The highest BCUT2D eigenvalue weighted by atomic mass is 16.3. The zero-order valence-electron chi connectivity index (χ0n) is 13.5. The van der Waals surface area contributed by atoms with Gasteiger partial charge in [-0.25, -0.2) is 0 Å². The third kappa shape index (κ3) is 4.85. The normalized spacial score (nSPS) is 10.7. The number of furan rings is 1. The second-order valence-electron chi connectivity index (χ2n) is 5.31. The lowest BCUT2D eigenvalue weighted by Gasteiger charge is -2.11. The van der Waals surface area contributed by atoms with Gasteiger partial charge in [-0.05, 0) is 50.1 Å². The first-order valence-electron chi connectivity index (χ1n) is 7.34. The fraction of sp³-hybridized carbons (Fsp3) is 0.222. The number of hydrogen-bond acceptors (Lipinski definition) is 3. The fourth-order valence-electron chi connectivity index (χ4n) is 2.12. The molecule has 1 aromatic heterocycles. The van der Waals surface area contributed by atoms with Crippen LogP contribution in [-0.4, -0.2) is 18.4 Å². The largest absolute Gasteiger partial charge is 0.462 e. The van der Waals surface area contributed by atoms with Crippen LogP contribution in [0.1, 0.15) is 22.6 Å². The Hall–Kier alpha value is -2.82. The lowest BCUT2D eigenvalue weighted by Crippen LogP contribution is -2.32. The molecule has 1 aromatic carbocycles. The summed E-state index contributed by atoms with van der Waals surface area (Å²) in [5.41, 5.74) is 2.75. The summed E-state index contributed by atoms with van der Waals surface area (Å²) >= 11 is 0. The molecule has 2 amide bonds. The molecule has 5 heteroatoms. The summed E-state index contributed by atoms with van der Waals surface area (Å²) in [4.78, 5) is 23.6. The van der Waals surface area contributed by atoms with Crippen molar-refractivity contribution in [3.05, 3.63) is 59.1 Å². The predicted octanol–water partition coefficient (Wildman–Crippen LogP) is 2.97. The molecule has 0 aliphatic carbocycles. The maximum atomic E-state index is 11.9. The molecule has 0 bridgehead atoms. The van der Waals surface area contributed by atoms with Crippen LogP contribution in [0.2, 0.25) is 0 Å². The molecule has 0 saturated heterocycles. The minimum Gasteiger partial charge on any atom is -0.462 e. The van der Waals surface area contributed by atoms with E-state index in [0.29, 0.717) is 5.76 Å². The van der Waals surface area contributed by atoms with Crippen molar-refractivity contribution in [1.29, 1.82) is 0 Å². The Morgan fingerprint density at radius 2 is 1.78 bits per heavy atom. The topological polar surface area (TPSA) is 71.3 Å². The fourth-order valence-corrected chi connectivity index (χ4v) is 2.12. The van der Waals surface area contributed by atoms with Gasteiger partial charge in [0.05, 0.1) is 6.54 Å². The van der Waals surface area contributed by atoms with Crippen molar-refractivity contribution >= 4 is 23.6 Å². The number of rotatable bonds is 5. The molecule has 2 rings (SSSR count). The number of para-hydroxylation sites is 1. The van der Waals surface area contributed by atoms with E-state index >= 15 is 0 Å². The van der Waals surface area contributed by atoms with Gasteiger partial charge in [-0.2, -0.15) is 0 Å². The molecule has 0 atom stereocenters.